The van der Waals surface area contributed by atoms with E-state index in [-0.39, 0.29) is 18.0 Å². The van der Waals surface area contributed by atoms with Crippen molar-refractivity contribution in [1.29, 1.82) is 5.26 Å². The van der Waals surface area contributed by atoms with Crippen LogP contribution in [-0.2, 0) is 4.74 Å². The Kier molecular flexibility index (Phi) is 8.42. The first-order valence-corrected chi connectivity index (χ1v) is 15.0. The van der Waals surface area contributed by atoms with Crippen LogP contribution >= 0.6 is 35.0 Å². The SMILES string of the molecule is CC1CN(c2ccc(Nc3ncc4c(n3)SCN(c3c(Cl)cccc3Cl)C4=O)cc2C#N)CCN1C(=O)OC(C)(C)C. The van der Waals surface area contributed by atoms with Gasteiger partial charge in [-0.1, -0.05) is 41.0 Å². The quantitative estimate of drug-likeness (QED) is 0.322. The Bertz CT molecular complexity index is 1570. The third-order valence-corrected chi connectivity index (χ3v) is 8.32. The van der Waals surface area contributed by atoms with E-state index in [0.717, 1.165) is 5.69 Å². The van der Waals surface area contributed by atoms with Gasteiger partial charge in [0, 0.05) is 37.6 Å². The Labute approximate surface area is 258 Å². The van der Waals surface area contributed by atoms with Crippen LogP contribution in [0.1, 0.15) is 43.6 Å². The molecule has 218 valence electrons. The van der Waals surface area contributed by atoms with Gasteiger partial charge in [-0.05, 0) is 58.0 Å². The van der Waals surface area contributed by atoms with Gasteiger partial charge in [-0.2, -0.15) is 5.26 Å². The molecule has 1 unspecified atom stereocenters. The Hall–Kier alpha value is -3.72. The van der Waals surface area contributed by atoms with E-state index in [1.807, 2.05) is 39.8 Å². The smallest absolute Gasteiger partial charge is 0.410 e. The van der Waals surface area contributed by atoms with Gasteiger partial charge in [-0.15, -0.1) is 0 Å². The van der Waals surface area contributed by atoms with Crippen molar-refractivity contribution in [1.82, 2.24) is 14.9 Å². The van der Waals surface area contributed by atoms with Crippen molar-refractivity contribution in [2.75, 3.05) is 40.6 Å². The van der Waals surface area contributed by atoms with Crippen LogP contribution < -0.4 is 15.1 Å². The summed E-state index contributed by atoms with van der Waals surface area (Å²) in [7, 11) is 0. The first kappa shape index (κ1) is 29.8. The summed E-state index contributed by atoms with van der Waals surface area (Å²) >= 11 is 14.0. The number of nitrogens with zero attached hydrogens (tertiary/aromatic N) is 6. The van der Waals surface area contributed by atoms with Crippen LogP contribution in [-0.4, -0.2) is 64.0 Å². The Morgan fingerprint density at radius 2 is 1.93 bits per heavy atom. The number of para-hydroxylation sites is 1. The second kappa shape index (κ2) is 11.9. The average Bonchev–Trinajstić information content (AvgIpc) is 2.93. The van der Waals surface area contributed by atoms with Crippen LogP contribution in [0.2, 0.25) is 10.0 Å². The van der Waals surface area contributed by atoms with E-state index in [4.69, 9.17) is 27.9 Å². The number of ether oxygens (including phenoxy) is 1. The molecule has 3 heterocycles. The predicted octanol–water partition coefficient (Wildman–Crippen LogP) is 6.55. The first-order chi connectivity index (χ1) is 19.9. The lowest BCUT2D eigenvalue weighted by Crippen LogP contribution is -2.55. The van der Waals surface area contributed by atoms with Crippen molar-refractivity contribution in [3.8, 4) is 6.07 Å². The first-order valence-electron chi connectivity index (χ1n) is 13.3. The van der Waals surface area contributed by atoms with Crippen molar-refractivity contribution in [2.45, 2.75) is 44.4 Å². The molecule has 5 rings (SSSR count). The maximum absolute atomic E-state index is 13.2. The molecule has 0 saturated carbocycles. The van der Waals surface area contributed by atoms with Crippen molar-refractivity contribution < 1.29 is 14.3 Å². The summed E-state index contributed by atoms with van der Waals surface area (Å²) in [6.45, 7) is 9.13. The van der Waals surface area contributed by atoms with Gasteiger partial charge in [0.25, 0.3) is 5.91 Å². The molecule has 2 aromatic carbocycles. The molecule has 3 aromatic rings. The van der Waals surface area contributed by atoms with E-state index in [1.54, 1.807) is 29.2 Å². The zero-order valence-corrected chi connectivity index (χ0v) is 25.8. The van der Waals surface area contributed by atoms with Crippen molar-refractivity contribution in [2.24, 2.45) is 0 Å². The van der Waals surface area contributed by atoms with Crippen molar-refractivity contribution in [3.63, 3.8) is 0 Å². The van der Waals surface area contributed by atoms with Crippen LogP contribution in [0.3, 0.4) is 0 Å². The average molecular weight is 627 g/mol. The summed E-state index contributed by atoms with van der Waals surface area (Å²) in [5.74, 6) is 0.301. The molecule has 1 atom stereocenters. The lowest BCUT2D eigenvalue weighted by atomic mass is 10.1. The number of rotatable bonds is 4. The normalized spacial score (nSPS) is 17.0. The third kappa shape index (κ3) is 6.21. The van der Waals surface area contributed by atoms with Crippen LogP contribution in [0, 0.1) is 11.3 Å². The molecular formula is C29H29Cl2N7O3S. The molecule has 1 saturated heterocycles. The number of nitrogens with one attached hydrogen (secondary N) is 1. The number of anilines is 4. The van der Waals surface area contributed by atoms with Crippen LogP contribution in [0.25, 0.3) is 0 Å². The molecular weight excluding hydrogens is 597 g/mol. The topological polar surface area (TPSA) is 115 Å². The summed E-state index contributed by atoms with van der Waals surface area (Å²) in [5.41, 5.74) is 2.13. The molecule has 0 bridgehead atoms. The van der Waals surface area contributed by atoms with Crippen molar-refractivity contribution >= 4 is 70.0 Å². The van der Waals surface area contributed by atoms with Gasteiger partial charge in [0.1, 0.15) is 16.7 Å². The number of aromatic nitrogens is 2. The third-order valence-electron chi connectivity index (χ3n) is 6.74. The molecule has 1 N–H and O–H groups in total. The van der Waals surface area contributed by atoms with E-state index in [2.05, 4.69) is 26.3 Å². The number of amides is 2. The number of hydrogen-bond acceptors (Lipinski definition) is 9. The summed E-state index contributed by atoms with van der Waals surface area (Å²) < 4.78 is 5.54. The molecule has 2 amide bonds. The largest absolute Gasteiger partial charge is 0.444 e. The van der Waals surface area contributed by atoms with E-state index < -0.39 is 5.60 Å². The molecule has 0 spiro atoms. The van der Waals surface area contributed by atoms with Gasteiger partial charge in [0.15, 0.2) is 0 Å². The van der Waals surface area contributed by atoms with Crippen LogP contribution in [0.15, 0.2) is 47.6 Å². The highest BCUT2D eigenvalue weighted by atomic mass is 35.5. The Morgan fingerprint density at radius 3 is 2.60 bits per heavy atom. The number of carbonyl (C=O) groups is 2. The maximum atomic E-state index is 13.2. The number of nitriles is 1. The zero-order valence-electron chi connectivity index (χ0n) is 23.5. The van der Waals surface area contributed by atoms with Crippen LogP contribution in [0.5, 0.6) is 0 Å². The van der Waals surface area contributed by atoms with Gasteiger partial charge in [0.05, 0.1) is 38.4 Å². The molecule has 13 heteroatoms. The minimum atomic E-state index is -0.564. The summed E-state index contributed by atoms with van der Waals surface area (Å²) in [5, 5.41) is 14.4. The van der Waals surface area contributed by atoms with E-state index in [1.165, 1.54) is 22.9 Å². The van der Waals surface area contributed by atoms with Gasteiger partial charge in [0.2, 0.25) is 5.95 Å². The fourth-order valence-electron chi connectivity index (χ4n) is 4.80. The molecule has 1 fully saturated rings. The predicted molar refractivity (Wildman–Crippen MR) is 165 cm³/mol. The molecule has 10 nitrogen and oxygen atoms in total. The summed E-state index contributed by atoms with van der Waals surface area (Å²) in [6, 6.07) is 12.7. The lowest BCUT2D eigenvalue weighted by molar-refractivity contribution is 0.0159. The number of halogens is 2. The van der Waals surface area contributed by atoms with E-state index in [9.17, 15) is 14.9 Å². The fourth-order valence-corrected chi connectivity index (χ4v) is 6.35. The fraction of sp³-hybridized carbons (Fsp3) is 0.345. The highest BCUT2D eigenvalue weighted by Gasteiger charge is 2.32. The number of benzene rings is 2. The summed E-state index contributed by atoms with van der Waals surface area (Å²) in [6.07, 6.45) is 1.14. The number of piperazine rings is 1. The maximum Gasteiger partial charge on any atom is 0.410 e. The molecule has 2 aliphatic rings. The Balaban J connectivity index is 1.29. The number of thioether (sulfide) groups is 1. The molecule has 2 aliphatic heterocycles. The second-order valence-electron chi connectivity index (χ2n) is 10.9. The van der Waals surface area contributed by atoms with Gasteiger partial charge >= 0.3 is 6.09 Å². The lowest BCUT2D eigenvalue weighted by Gasteiger charge is -2.41. The standard InChI is InChI=1S/C29H29Cl2N7O3S/c1-17-15-36(10-11-37(17)28(40)41-29(2,3)4)23-9-8-19(12-18(23)13-32)34-27-33-14-20-25(35-27)42-16-38(26(20)39)24-21(30)6-5-7-22(24)31/h5-9,12,14,17H,10-11,15-16H2,1-4H3,(H,33,34,35). The molecule has 0 aliphatic carbocycles. The minimum absolute atomic E-state index is 0.0908. The minimum Gasteiger partial charge on any atom is -0.444 e. The summed E-state index contributed by atoms with van der Waals surface area (Å²) in [4.78, 5) is 40.1. The van der Waals surface area contributed by atoms with Crippen molar-refractivity contribution in [3.05, 3.63) is 63.8 Å². The van der Waals surface area contributed by atoms with Gasteiger partial charge in [-0.3, -0.25) is 9.69 Å². The molecule has 0 radical (unpaired) electrons. The van der Waals surface area contributed by atoms with Gasteiger partial charge < -0.3 is 19.9 Å². The number of fused-ring (bicyclic) bond motifs is 1. The number of carbonyl (C=O) groups excluding carboxylic acids is 2. The highest BCUT2D eigenvalue weighted by Crippen LogP contribution is 2.39. The molecule has 42 heavy (non-hydrogen) atoms. The zero-order chi connectivity index (χ0) is 30.2. The van der Waals surface area contributed by atoms with Crippen LogP contribution in [0.4, 0.5) is 27.8 Å². The Morgan fingerprint density at radius 1 is 1.19 bits per heavy atom. The highest BCUT2D eigenvalue weighted by molar-refractivity contribution is 7.99. The second-order valence-corrected chi connectivity index (χ2v) is 12.7. The number of hydrogen-bond donors (Lipinski definition) is 1. The van der Waals surface area contributed by atoms with E-state index in [0.29, 0.717) is 69.0 Å². The molecule has 1 aromatic heterocycles. The van der Waals surface area contributed by atoms with E-state index >= 15 is 0 Å². The van der Waals surface area contributed by atoms with Gasteiger partial charge in [-0.25, -0.2) is 14.8 Å². The monoisotopic (exact) mass is 625 g/mol.